The van der Waals surface area contributed by atoms with Crippen LogP contribution in [0, 0.1) is 0 Å². The van der Waals surface area contributed by atoms with E-state index in [1.165, 1.54) is 0 Å². The lowest BCUT2D eigenvalue weighted by Gasteiger charge is -2.32. The minimum absolute atomic E-state index is 0.265. The molecule has 60 valence electrons. The molecule has 10 heavy (non-hydrogen) atoms. The van der Waals surface area contributed by atoms with Crippen LogP contribution < -0.4 is 11.5 Å². The first-order chi connectivity index (χ1) is 4.61. The summed E-state index contributed by atoms with van der Waals surface area (Å²) in [6.07, 6.45) is -0.366. The lowest BCUT2D eigenvalue weighted by Crippen LogP contribution is -2.52. The molecule has 0 heterocycles. The Hall–Kier alpha value is -0.160. The van der Waals surface area contributed by atoms with E-state index in [0.717, 1.165) is 0 Å². The minimum Gasteiger partial charge on any atom is -0.391 e. The van der Waals surface area contributed by atoms with Crippen LogP contribution in [0.2, 0.25) is 0 Å². The minimum atomic E-state index is -0.588. The molecule has 4 heteroatoms. The second-order valence-corrected chi connectivity index (χ2v) is 2.93. The quantitative estimate of drug-likeness (QED) is 0.323. The van der Waals surface area contributed by atoms with Crippen molar-refractivity contribution in [3.8, 4) is 0 Å². The van der Waals surface area contributed by atoms with E-state index < -0.39 is 12.2 Å². The Morgan fingerprint density at radius 1 is 0.900 bits per heavy atom. The number of aliphatic hydroxyl groups is 2. The van der Waals surface area contributed by atoms with Crippen molar-refractivity contribution >= 4 is 0 Å². The predicted octanol–water partition coefficient (Wildman–Crippen LogP) is -1.84. The van der Waals surface area contributed by atoms with Gasteiger partial charge in [-0.15, -0.1) is 0 Å². The second-order valence-electron chi connectivity index (χ2n) is 2.93. The molecule has 0 radical (unpaired) electrons. The first kappa shape index (κ1) is 7.94. The molecule has 1 fully saturated rings. The molecule has 1 aliphatic rings. The molecule has 0 amide bonds. The van der Waals surface area contributed by atoms with E-state index in [9.17, 15) is 0 Å². The average Bonchev–Trinajstić information content (AvgIpc) is 1.84. The largest absolute Gasteiger partial charge is 0.391 e. The molecule has 0 aromatic carbocycles. The summed E-state index contributed by atoms with van der Waals surface area (Å²) in [5, 5.41) is 18.3. The van der Waals surface area contributed by atoms with Crippen molar-refractivity contribution in [1.29, 1.82) is 0 Å². The third-order valence-electron chi connectivity index (χ3n) is 2.02. The lowest BCUT2D eigenvalue weighted by atomic mass is 9.87. The fourth-order valence-electron chi connectivity index (χ4n) is 1.23. The van der Waals surface area contributed by atoms with Crippen molar-refractivity contribution in [3.63, 3.8) is 0 Å². The lowest BCUT2D eigenvalue weighted by molar-refractivity contribution is 0.0145. The monoisotopic (exact) mass is 146 g/mol. The van der Waals surface area contributed by atoms with Gasteiger partial charge in [0.1, 0.15) is 0 Å². The molecule has 4 atom stereocenters. The van der Waals surface area contributed by atoms with Gasteiger partial charge in [0.05, 0.1) is 12.2 Å². The molecule has 0 saturated heterocycles. The summed E-state index contributed by atoms with van der Waals surface area (Å²) in [5.41, 5.74) is 11.0. The molecule has 0 aromatic heterocycles. The Morgan fingerprint density at radius 3 is 1.60 bits per heavy atom. The van der Waals surface area contributed by atoms with E-state index in [1.807, 2.05) is 0 Å². The van der Waals surface area contributed by atoms with Crippen LogP contribution in [0.3, 0.4) is 0 Å². The standard InChI is InChI=1S/C6H14N2O2/c7-3-1-4(8)6(10)2-5(3)9/h3-6,9-10H,1-2,7-8H2/t3-,4?,5?,6+/m1/s1. The van der Waals surface area contributed by atoms with Gasteiger partial charge in [-0.1, -0.05) is 0 Å². The predicted molar refractivity (Wildman–Crippen MR) is 37.2 cm³/mol. The normalized spacial score (nSPS) is 49.2. The maximum Gasteiger partial charge on any atom is 0.0716 e. The van der Waals surface area contributed by atoms with Crippen LogP contribution in [-0.2, 0) is 0 Å². The van der Waals surface area contributed by atoms with Gasteiger partial charge >= 0.3 is 0 Å². The molecular formula is C6H14N2O2. The number of hydrogen-bond donors (Lipinski definition) is 4. The van der Waals surface area contributed by atoms with Gasteiger partial charge < -0.3 is 21.7 Å². The van der Waals surface area contributed by atoms with Gasteiger partial charge in [0.25, 0.3) is 0 Å². The SMILES string of the molecule is NC1C[C@@H](N)C(O)C[C@@H]1O. The zero-order valence-electron chi connectivity index (χ0n) is 5.77. The van der Waals surface area contributed by atoms with Gasteiger partial charge in [-0.25, -0.2) is 0 Å². The number of aliphatic hydroxyl groups excluding tert-OH is 2. The van der Waals surface area contributed by atoms with Gasteiger partial charge in [0, 0.05) is 18.5 Å². The van der Waals surface area contributed by atoms with E-state index >= 15 is 0 Å². The molecule has 0 aromatic rings. The van der Waals surface area contributed by atoms with Crippen molar-refractivity contribution in [2.75, 3.05) is 0 Å². The zero-order valence-corrected chi connectivity index (χ0v) is 5.77. The molecule has 0 bridgehead atoms. The number of nitrogens with two attached hydrogens (primary N) is 2. The van der Waals surface area contributed by atoms with Crippen LogP contribution in [0.4, 0.5) is 0 Å². The summed E-state index contributed by atoms with van der Waals surface area (Å²) in [6, 6.07) is -0.531. The van der Waals surface area contributed by atoms with Crippen molar-refractivity contribution in [2.45, 2.75) is 37.1 Å². The van der Waals surface area contributed by atoms with Crippen molar-refractivity contribution in [3.05, 3.63) is 0 Å². The molecule has 4 nitrogen and oxygen atoms in total. The summed E-state index contributed by atoms with van der Waals surface area (Å²) in [4.78, 5) is 0. The highest BCUT2D eigenvalue weighted by molar-refractivity contribution is 4.89. The molecule has 1 rings (SSSR count). The fourth-order valence-corrected chi connectivity index (χ4v) is 1.23. The van der Waals surface area contributed by atoms with E-state index in [1.54, 1.807) is 0 Å². The second kappa shape index (κ2) is 2.84. The molecule has 2 unspecified atom stereocenters. The van der Waals surface area contributed by atoms with Crippen molar-refractivity contribution in [2.24, 2.45) is 11.5 Å². The first-order valence-electron chi connectivity index (χ1n) is 3.48. The van der Waals surface area contributed by atoms with Gasteiger partial charge in [-0.05, 0) is 6.42 Å². The summed E-state index contributed by atoms with van der Waals surface area (Å²) < 4.78 is 0. The Kier molecular flexibility index (Phi) is 2.25. The van der Waals surface area contributed by atoms with Crippen molar-refractivity contribution in [1.82, 2.24) is 0 Å². The Bertz CT molecular complexity index is 94.3. The highest BCUT2D eigenvalue weighted by Crippen LogP contribution is 2.16. The van der Waals surface area contributed by atoms with Gasteiger partial charge in [0.2, 0.25) is 0 Å². The fraction of sp³-hybridized carbons (Fsp3) is 1.00. The summed E-state index contributed by atoms with van der Waals surface area (Å²) in [7, 11) is 0. The van der Waals surface area contributed by atoms with Gasteiger partial charge in [-0.3, -0.25) is 0 Å². The highest BCUT2D eigenvalue weighted by atomic mass is 16.3. The molecular weight excluding hydrogens is 132 g/mol. The Morgan fingerprint density at radius 2 is 1.30 bits per heavy atom. The van der Waals surface area contributed by atoms with E-state index in [0.29, 0.717) is 12.8 Å². The Labute approximate surface area is 59.8 Å². The molecule has 0 spiro atoms. The summed E-state index contributed by atoms with van der Waals surface area (Å²) in [5.74, 6) is 0. The van der Waals surface area contributed by atoms with Crippen LogP contribution in [0.15, 0.2) is 0 Å². The zero-order chi connectivity index (χ0) is 7.72. The molecule has 1 aliphatic carbocycles. The third-order valence-corrected chi connectivity index (χ3v) is 2.02. The van der Waals surface area contributed by atoms with Gasteiger partial charge in [0.15, 0.2) is 0 Å². The van der Waals surface area contributed by atoms with E-state index in [-0.39, 0.29) is 12.1 Å². The summed E-state index contributed by atoms with van der Waals surface area (Å²) >= 11 is 0. The van der Waals surface area contributed by atoms with Crippen molar-refractivity contribution < 1.29 is 10.2 Å². The Balaban J connectivity index is 2.46. The van der Waals surface area contributed by atoms with Gasteiger partial charge in [-0.2, -0.15) is 0 Å². The van der Waals surface area contributed by atoms with E-state index in [2.05, 4.69) is 0 Å². The number of rotatable bonds is 0. The van der Waals surface area contributed by atoms with Crippen LogP contribution in [0.25, 0.3) is 0 Å². The summed E-state index contributed by atoms with van der Waals surface area (Å²) in [6.45, 7) is 0. The smallest absolute Gasteiger partial charge is 0.0716 e. The van der Waals surface area contributed by atoms with Crippen LogP contribution >= 0.6 is 0 Å². The van der Waals surface area contributed by atoms with Crippen LogP contribution in [-0.4, -0.2) is 34.5 Å². The average molecular weight is 146 g/mol. The van der Waals surface area contributed by atoms with Crippen LogP contribution in [0.1, 0.15) is 12.8 Å². The maximum atomic E-state index is 9.13. The maximum absolute atomic E-state index is 9.13. The molecule has 0 aliphatic heterocycles. The number of hydrogen-bond acceptors (Lipinski definition) is 4. The van der Waals surface area contributed by atoms with E-state index in [4.69, 9.17) is 21.7 Å². The molecule has 1 saturated carbocycles. The third kappa shape index (κ3) is 1.46. The first-order valence-corrected chi connectivity index (χ1v) is 3.48. The topological polar surface area (TPSA) is 92.5 Å². The molecule has 6 N–H and O–H groups in total. The van der Waals surface area contributed by atoms with Crippen LogP contribution in [0.5, 0.6) is 0 Å². The highest BCUT2D eigenvalue weighted by Gasteiger charge is 2.30.